The number of piperidine rings is 1. The lowest BCUT2D eigenvalue weighted by Gasteiger charge is -2.26. The maximum atomic E-state index is 13.3. The largest absolute Gasteiger partial charge is 0.493 e. The van der Waals surface area contributed by atoms with Crippen LogP contribution in [-0.4, -0.2) is 57.0 Å². The fourth-order valence-electron chi connectivity index (χ4n) is 4.22. The van der Waals surface area contributed by atoms with E-state index in [9.17, 15) is 14.9 Å². The van der Waals surface area contributed by atoms with E-state index in [4.69, 9.17) is 4.74 Å². The van der Waals surface area contributed by atoms with Crippen LogP contribution in [0.15, 0.2) is 30.6 Å². The highest BCUT2D eigenvalue weighted by atomic mass is 16.5. The second-order valence-electron chi connectivity index (χ2n) is 10.3. The first kappa shape index (κ1) is 26.8. The first-order valence-electron chi connectivity index (χ1n) is 12.5. The van der Waals surface area contributed by atoms with Crippen molar-refractivity contribution in [3.05, 3.63) is 58.7 Å². The Kier molecular flexibility index (Phi) is 7.73. The first-order chi connectivity index (χ1) is 18.1. The van der Waals surface area contributed by atoms with Gasteiger partial charge >= 0.3 is 0 Å². The van der Waals surface area contributed by atoms with E-state index in [0.717, 1.165) is 37.9 Å². The van der Waals surface area contributed by atoms with Crippen LogP contribution in [0.1, 0.15) is 77.7 Å². The minimum atomic E-state index is -0.435. The number of aromatic nitrogens is 4. The molecule has 0 unspecified atom stereocenters. The summed E-state index contributed by atoms with van der Waals surface area (Å²) in [5.41, 5.74) is 5.77. The molecular formula is C27H32N8O3. The third-order valence-corrected chi connectivity index (χ3v) is 6.44. The normalized spacial score (nSPS) is 14.0. The molecule has 0 saturated carbocycles. The van der Waals surface area contributed by atoms with Crippen molar-refractivity contribution in [1.82, 2.24) is 30.4 Å². The van der Waals surface area contributed by atoms with Gasteiger partial charge in [0.2, 0.25) is 0 Å². The van der Waals surface area contributed by atoms with E-state index in [-0.39, 0.29) is 28.3 Å². The Morgan fingerprint density at radius 1 is 1.11 bits per heavy atom. The first-order valence-corrected chi connectivity index (χ1v) is 12.5. The highest BCUT2D eigenvalue weighted by molar-refractivity contribution is 6.05. The average Bonchev–Trinajstić information content (AvgIpc) is 3.39. The van der Waals surface area contributed by atoms with Gasteiger partial charge in [0.05, 0.1) is 41.5 Å². The number of nitrogens with zero attached hydrogens (tertiary/aromatic N) is 6. The summed E-state index contributed by atoms with van der Waals surface area (Å²) in [5, 5.41) is 22.5. The number of anilines is 1. The molecule has 2 aromatic heterocycles. The topological polar surface area (TPSA) is 138 Å². The van der Waals surface area contributed by atoms with Gasteiger partial charge in [0.1, 0.15) is 6.07 Å². The second-order valence-corrected chi connectivity index (χ2v) is 10.3. The molecule has 198 valence electrons. The number of benzene rings is 1. The summed E-state index contributed by atoms with van der Waals surface area (Å²) < 4.78 is 6.88. The third-order valence-electron chi connectivity index (χ3n) is 6.44. The van der Waals surface area contributed by atoms with Crippen LogP contribution in [0.3, 0.4) is 0 Å². The van der Waals surface area contributed by atoms with Crippen molar-refractivity contribution in [2.45, 2.75) is 52.4 Å². The number of hydrogen-bond acceptors (Lipinski definition) is 8. The molecule has 1 saturated heterocycles. The fourth-order valence-corrected chi connectivity index (χ4v) is 4.22. The van der Waals surface area contributed by atoms with E-state index in [1.807, 2.05) is 31.8 Å². The number of hydrazine groups is 1. The van der Waals surface area contributed by atoms with E-state index < -0.39 is 5.91 Å². The lowest BCUT2D eigenvalue weighted by molar-refractivity contribution is 0.0744. The van der Waals surface area contributed by atoms with Crippen LogP contribution in [0.25, 0.3) is 5.69 Å². The van der Waals surface area contributed by atoms with Crippen molar-refractivity contribution in [1.29, 1.82) is 5.26 Å². The Balaban J connectivity index is 1.58. The summed E-state index contributed by atoms with van der Waals surface area (Å²) in [6, 6.07) is 7.35. The molecule has 11 heteroatoms. The van der Waals surface area contributed by atoms with E-state index in [2.05, 4.69) is 32.1 Å². The predicted octanol–water partition coefficient (Wildman–Crippen LogP) is 3.53. The summed E-state index contributed by atoms with van der Waals surface area (Å²) in [4.78, 5) is 30.3. The van der Waals surface area contributed by atoms with Crippen molar-refractivity contribution in [3.8, 4) is 17.5 Å². The molecule has 1 fully saturated rings. The molecule has 3 aromatic rings. The maximum Gasteiger partial charge on any atom is 0.287 e. The molecule has 0 radical (unpaired) electrons. The van der Waals surface area contributed by atoms with Crippen LogP contribution >= 0.6 is 0 Å². The number of ether oxygens (including phenoxy) is 1. The number of rotatable bonds is 6. The predicted molar refractivity (Wildman–Crippen MR) is 141 cm³/mol. The molecule has 0 bridgehead atoms. The molecule has 0 aliphatic carbocycles. The summed E-state index contributed by atoms with van der Waals surface area (Å²) in [7, 11) is 1.46. The van der Waals surface area contributed by atoms with E-state index in [1.54, 1.807) is 19.1 Å². The summed E-state index contributed by atoms with van der Waals surface area (Å²) >= 11 is 0. The molecule has 11 nitrogen and oxygen atoms in total. The standard InChI is InChI=1S/C27H32N8O3/c1-17-23(35-16-22(31-33-35)26(37)32-34-9-7-6-8-10-34)12-19(15-29-17)25(36)30-21-13-20(27(2,3)4)11-18(14-28)24(21)38-5/h11-13,15-16H,6-10H2,1-5H3,(H,30,36)(H,32,37). The second kappa shape index (κ2) is 11.0. The van der Waals surface area contributed by atoms with Gasteiger partial charge in [-0.15, -0.1) is 5.10 Å². The Labute approximate surface area is 221 Å². The fraction of sp³-hybridized carbons (Fsp3) is 0.407. The summed E-state index contributed by atoms with van der Waals surface area (Å²) in [6.07, 6.45) is 6.21. The Hall–Kier alpha value is -4.30. The molecule has 38 heavy (non-hydrogen) atoms. The van der Waals surface area contributed by atoms with Crippen LogP contribution in [-0.2, 0) is 5.41 Å². The van der Waals surface area contributed by atoms with Gasteiger partial charge in [-0.25, -0.2) is 9.69 Å². The van der Waals surface area contributed by atoms with Gasteiger partial charge in [-0.1, -0.05) is 32.4 Å². The lowest BCUT2D eigenvalue weighted by atomic mass is 9.85. The number of carbonyl (C=O) groups is 2. The van der Waals surface area contributed by atoms with Crippen molar-refractivity contribution < 1.29 is 14.3 Å². The van der Waals surface area contributed by atoms with Gasteiger partial charge in [-0.05, 0) is 48.9 Å². The van der Waals surface area contributed by atoms with Crippen LogP contribution in [0.5, 0.6) is 5.75 Å². The molecule has 0 spiro atoms. The zero-order valence-electron chi connectivity index (χ0n) is 22.3. The molecule has 3 heterocycles. The van der Waals surface area contributed by atoms with Gasteiger partial charge in [0, 0.05) is 19.3 Å². The molecule has 1 aliphatic heterocycles. The monoisotopic (exact) mass is 516 g/mol. The Morgan fingerprint density at radius 2 is 1.84 bits per heavy atom. The van der Waals surface area contributed by atoms with Crippen LogP contribution in [0, 0.1) is 18.3 Å². The Bertz CT molecular complexity index is 1390. The number of hydrogen-bond donors (Lipinski definition) is 2. The molecular weight excluding hydrogens is 484 g/mol. The zero-order chi connectivity index (χ0) is 27.4. The minimum absolute atomic E-state index is 0.164. The lowest BCUT2D eigenvalue weighted by Crippen LogP contribution is -2.45. The van der Waals surface area contributed by atoms with Gasteiger partial charge in [-0.2, -0.15) is 5.26 Å². The van der Waals surface area contributed by atoms with E-state index >= 15 is 0 Å². The quantitative estimate of drug-likeness (QED) is 0.507. The molecule has 4 rings (SSSR count). The summed E-state index contributed by atoms with van der Waals surface area (Å²) in [5.74, 6) is -0.484. The van der Waals surface area contributed by atoms with Gasteiger partial charge in [0.15, 0.2) is 11.4 Å². The number of methoxy groups -OCH3 is 1. The third kappa shape index (κ3) is 5.81. The molecule has 2 N–H and O–H groups in total. The van der Waals surface area contributed by atoms with Gasteiger partial charge in [0.25, 0.3) is 11.8 Å². The molecule has 0 atom stereocenters. The number of carbonyl (C=O) groups excluding carboxylic acids is 2. The zero-order valence-corrected chi connectivity index (χ0v) is 22.3. The number of nitrogens with one attached hydrogen (secondary N) is 2. The molecule has 2 amide bonds. The van der Waals surface area contributed by atoms with Gasteiger partial charge in [-0.3, -0.25) is 20.0 Å². The highest BCUT2D eigenvalue weighted by Crippen LogP contribution is 2.35. The maximum absolute atomic E-state index is 13.3. The van der Waals surface area contributed by atoms with Crippen molar-refractivity contribution in [2.24, 2.45) is 0 Å². The molecule has 1 aromatic carbocycles. The van der Waals surface area contributed by atoms with Crippen LogP contribution < -0.4 is 15.5 Å². The van der Waals surface area contributed by atoms with Crippen molar-refractivity contribution >= 4 is 17.5 Å². The summed E-state index contributed by atoms with van der Waals surface area (Å²) in [6.45, 7) is 9.46. The van der Waals surface area contributed by atoms with Crippen molar-refractivity contribution in [3.63, 3.8) is 0 Å². The minimum Gasteiger partial charge on any atom is -0.493 e. The van der Waals surface area contributed by atoms with Crippen molar-refractivity contribution in [2.75, 3.05) is 25.5 Å². The SMILES string of the molecule is COc1c(C#N)cc(C(C)(C)C)cc1NC(=O)c1cnc(C)c(-n2cc(C(=O)NN3CCCCC3)nn2)c1. The van der Waals surface area contributed by atoms with E-state index in [1.165, 1.54) is 24.2 Å². The number of aryl methyl sites for hydroxylation is 1. The van der Waals surface area contributed by atoms with Crippen LogP contribution in [0.4, 0.5) is 5.69 Å². The number of nitriles is 1. The average molecular weight is 517 g/mol. The molecule has 1 aliphatic rings. The van der Waals surface area contributed by atoms with Crippen LogP contribution in [0.2, 0.25) is 0 Å². The smallest absolute Gasteiger partial charge is 0.287 e. The number of amides is 2. The van der Waals surface area contributed by atoms with Gasteiger partial charge < -0.3 is 10.1 Å². The van der Waals surface area contributed by atoms with E-state index in [0.29, 0.717) is 22.6 Å². The highest BCUT2D eigenvalue weighted by Gasteiger charge is 2.22. The Morgan fingerprint density at radius 3 is 2.50 bits per heavy atom. The number of pyridine rings is 1.